The van der Waals surface area contributed by atoms with E-state index < -0.39 is 16.8 Å². The standard InChI is InChI=1S/C15H13NO4.K/c17-15(18)13(10-11-6-2-1-3-7-11)12-8-4-5-9-14(12)16(19)20;/h1-9,13H,10H2,(H,17,18);/q;+1/p-1. The van der Waals surface area contributed by atoms with Crippen molar-refractivity contribution in [2.75, 3.05) is 0 Å². The number of benzene rings is 2. The molecule has 0 saturated heterocycles. The third kappa shape index (κ3) is 4.72. The molecule has 1 atom stereocenters. The Morgan fingerprint density at radius 3 is 2.19 bits per heavy atom. The summed E-state index contributed by atoms with van der Waals surface area (Å²) in [6, 6.07) is 14.8. The Morgan fingerprint density at radius 1 is 1.05 bits per heavy atom. The van der Waals surface area contributed by atoms with Crippen LogP contribution in [0.3, 0.4) is 0 Å². The zero-order valence-electron chi connectivity index (χ0n) is 11.6. The molecule has 0 heterocycles. The Kier molecular flexibility index (Phi) is 7.20. The first-order valence-corrected chi connectivity index (χ1v) is 6.07. The van der Waals surface area contributed by atoms with E-state index in [-0.39, 0.29) is 69.1 Å². The van der Waals surface area contributed by atoms with Gasteiger partial charge in [-0.1, -0.05) is 48.5 Å². The molecule has 102 valence electrons. The average Bonchev–Trinajstić information content (AvgIpc) is 2.45. The summed E-state index contributed by atoms with van der Waals surface area (Å²) in [7, 11) is 0. The normalized spacial score (nSPS) is 11.2. The van der Waals surface area contributed by atoms with Gasteiger partial charge in [0.1, 0.15) is 0 Å². The number of aliphatic carboxylic acids is 1. The number of carboxylic acid groups (broad SMARTS) is 1. The Balaban J connectivity index is 0.00000220. The van der Waals surface area contributed by atoms with Crippen molar-refractivity contribution in [3.63, 3.8) is 0 Å². The second kappa shape index (κ2) is 8.40. The van der Waals surface area contributed by atoms with Gasteiger partial charge in [0.05, 0.1) is 4.92 Å². The summed E-state index contributed by atoms with van der Waals surface area (Å²) in [4.78, 5) is 21.8. The van der Waals surface area contributed by atoms with Gasteiger partial charge in [-0.3, -0.25) is 10.1 Å². The molecule has 0 aliphatic heterocycles. The molecule has 21 heavy (non-hydrogen) atoms. The van der Waals surface area contributed by atoms with Crippen LogP contribution in [0.2, 0.25) is 0 Å². The van der Waals surface area contributed by atoms with Crippen LogP contribution in [0.25, 0.3) is 0 Å². The summed E-state index contributed by atoms with van der Waals surface area (Å²) in [6.07, 6.45) is 0.161. The molecule has 0 aliphatic carbocycles. The van der Waals surface area contributed by atoms with Crippen LogP contribution in [0.15, 0.2) is 54.6 Å². The number of hydrogen-bond donors (Lipinski definition) is 0. The van der Waals surface area contributed by atoms with Crippen LogP contribution in [0.5, 0.6) is 0 Å². The molecule has 5 nitrogen and oxygen atoms in total. The number of nitro groups is 1. The van der Waals surface area contributed by atoms with Crippen LogP contribution in [0.1, 0.15) is 17.0 Å². The molecule has 0 aromatic heterocycles. The fourth-order valence-corrected chi connectivity index (χ4v) is 2.12. The predicted molar refractivity (Wildman–Crippen MR) is 71.0 cm³/mol. The zero-order chi connectivity index (χ0) is 14.5. The number of hydrogen-bond acceptors (Lipinski definition) is 4. The van der Waals surface area contributed by atoms with Crippen LogP contribution in [-0.2, 0) is 11.2 Å². The van der Waals surface area contributed by atoms with Crippen molar-refractivity contribution in [1.29, 1.82) is 0 Å². The third-order valence-electron chi connectivity index (χ3n) is 3.08. The molecule has 6 heteroatoms. The third-order valence-corrected chi connectivity index (χ3v) is 3.08. The van der Waals surface area contributed by atoms with E-state index in [2.05, 4.69) is 0 Å². The second-order valence-corrected chi connectivity index (χ2v) is 4.38. The number of nitrogens with zero attached hydrogens (tertiary/aromatic N) is 1. The number of nitro benzene ring substituents is 1. The van der Waals surface area contributed by atoms with E-state index in [9.17, 15) is 20.0 Å². The van der Waals surface area contributed by atoms with Gasteiger partial charge in [-0.2, -0.15) is 0 Å². The van der Waals surface area contributed by atoms with Gasteiger partial charge >= 0.3 is 51.4 Å². The van der Waals surface area contributed by atoms with Gasteiger partial charge in [-0.05, 0) is 12.0 Å². The molecule has 0 bridgehead atoms. The van der Waals surface area contributed by atoms with Crippen LogP contribution in [-0.4, -0.2) is 10.9 Å². The summed E-state index contributed by atoms with van der Waals surface area (Å²) in [5.41, 5.74) is 0.763. The van der Waals surface area contributed by atoms with Crippen molar-refractivity contribution < 1.29 is 66.2 Å². The molecule has 2 aromatic rings. The Morgan fingerprint density at radius 2 is 1.62 bits per heavy atom. The zero-order valence-corrected chi connectivity index (χ0v) is 14.7. The van der Waals surface area contributed by atoms with Crippen molar-refractivity contribution in [3.05, 3.63) is 75.8 Å². The van der Waals surface area contributed by atoms with E-state index in [4.69, 9.17) is 0 Å². The number of carbonyl (C=O) groups excluding carboxylic acids is 1. The van der Waals surface area contributed by atoms with Gasteiger partial charge in [0.15, 0.2) is 0 Å². The number of carbonyl (C=O) groups is 1. The molecule has 0 fully saturated rings. The summed E-state index contributed by atoms with van der Waals surface area (Å²) >= 11 is 0. The quantitative estimate of drug-likeness (QED) is 0.389. The molecule has 0 aliphatic rings. The maximum atomic E-state index is 11.3. The van der Waals surface area contributed by atoms with Gasteiger partial charge in [0.25, 0.3) is 5.69 Å². The summed E-state index contributed by atoms with van der Waals surface area (Å²) in [5, 5.41) is 22.3. The van der Waals surface area contributed by atoms with E-state index in [0.717, 1.165) is 5.56 Å². The number of rotatable bonds is 5. The maximum Gasteiger partial charge on any atom is 1.00 e. The molecular weight excluding hydrogens is 297 g/mol. The van der Waals surface area contributed by atoms with Crippen LogP contribution in [0, 0.1) is 10.1 Å². The van der Waals surface area contributed by atoms with Crippen molar-refractivity contribution in [2.24, 2.45) is 0 Å². The molecule has 0 amide bonds. The fourth-order valence-electron chi connectivity index (χ4n) is 2.12. The molecular formula is C15H12KNO4. The molecule has 0 spiro atoms. The Labute approximate surface area is 164 Å². The van der Waals surface area contributed by atoms with Crippen molar-refractivity contribution in [3.8, 4) is 0 Å². The molecule has 1 unspecified atom stereocenters. The van der Waals surface area contributed by atoms with E-state index >= 15 is 0 Å². The van der Waals surface area contributed by atoms with E-state index in [1.807, 2.05) is 6.07 Å². The number of carboxylic acids is 1. The van der Waals surface area contributed by atoms with Gasteiger partial charge in [-0.15, -0.1) is 0 Å². The second-order valence-electron chi connectivity index (χ2n) is 4.38. The topological polar surface area (TPSA) is 83.3 Å². The predicted octanol–water partition coefficient (Wildman–Crippen LogP) is -1.32. The van der Waals surface area contributed by atoms with Crippen molar-refractivity contribution in [1.82, 2.24) is 0 Å². The minimum atomic E-state index is -1.32. The Hall–Kier alpha value is -1.05. The van der Waals surface area contributed by atoms with Gasteiger partial charge in [0.2, 0.25) is 0 Å². The summed E-state index contributed by atoms with van der Waals surface area (Å²) < 4.78 is 0. The van der Waals surface area contributed by atoms with Gasteiger partial charge in [-0.25, -0.2) is 0 Å². The van der Waals surface area contributed by atoms with Crippen molar-refractivity contribution >= 4 is 11.7 Å². The molecule has 2 rings (SSSR count). The monoisotopic (exact) mass is 309 g/mol. The molecule has 0 N–H and O–H groups in total. The first-order valence-electron chi connectivity index (χ1n) is 6.07. The molecule has 0 radical (unpaired) electrons. The number of para-hydroxylation sites is 1. The largest absolute Gasteiger partial charge is 1.00 e. The Bertz CT molecular complexity index is 631. The van der Waals surface area contributed by atoms with E-state index in [1.54, 1.807) is 30.3 Å². The minimum Gasteiger partial charge on any atom is -0.549 e. The molecule has 2 aromatic carbocycles. The SMILES string of the molecule is O=C([O-])C(Cc1ccccc1)c1ccccc1[N+](=O)[O-].[K+]. The smallest absolute Gasteiger partial charge is 0.549 e. The first-order chi connectivity index (χ1) is 9.59. The van der Waals surface area contributed by atoms with E-state index in [0.29, 0.717) is 0 Å². The van der Waals surface area contributed by atoms with Crippen molar-refractivity contribution in [2.45, 2.75) is 12.3 Å². The van der Waals surface area contributed by atoms with Crippen LogP contribution >= 0.6 is 0 Å². The first kappa shape index (κ1) is 18.0. The summed E-state index contributed by atoms with van der Waals surface area (Å²) in [6.45, 7) is 0. The maximum absolute atomic E-state index is 11.3. The fraction of sp³-hybridized carbons (Fsp3) is 0.133. The summed E-state index contributed by atoms with van der Waals surface area (Å²) in [5.74, 6) is -2.36. The minimum absolute atomic E-state index is 0. The van der Waals surface area contributed by atoms with Gasteiger partial charge < -0.3 is 9.90 Å². The van der Waals surface area contributed by atoms with Crippen LogP contribution in [0.4, 0.5) is 5.69 Å². The van der Waals surface area contributed by atoms with Crippen LogP contribution < -0.4 is 56.5 Å². The molecule has 0 saturated carbocycles. The average molecular weight is 309 g/mol. The van der Waals surface area contributed by atoms with Gasteiger partial charge in [0, 0.05) is 23.5 Å². The van der Waals surface area contributed by atoms with E-state index in [1.165, 1.54) is 18.2 Å².